The van der Waals surface area contributed by atoms with Gasteiger partial charge in [-0.05, 0) is 19.8 Å². The zero-order valence-electron chi connectivity index (χ0n) is 10.7. The average molecular weight is 288 g/mol. The van der Waals surface area contributed by atoms with Crippen LogP contribution in [0.25, 0.3) is 0 Å². The van der Waals surface area contributed by atoms with Crippen LogP contribution in [-0.4, -0.2) is 47.1 Å². The molecule has 0 bridgehead atoms. The summed E-state index contributed by atoms with van der Waals surface area (Å²) >= 11 is 1.21. The third kappa shape index (κ3) is 5.62. The summed E-state index contributed by atoms with van der Waals surface area (Å²) in [6.45, 7) is 2.20. The number of hydrogen-bond acceptors (Lipinski definition) is 6. The SMILES string of the molecule is COCCCC(NC(=O)Nc1nnc(C)s1)C(=O)O. The largest absolute Gasteiger partial charge is 0.480 e. The number of carbonyl (C=O) groups is 2. The van der Waals surface area contributed by atoms with Crippen LogP contribution in [0.15, 0.2) is 0 Å². The highest BCUT2D eigenvalue weighted by Crippen LogP contribution is 2.13. The van der Waals surface area contributed by atoms with Crippen LogP contribution in [0.3, 0.4) is 0 Å². The molecule has 3 N–H and O–H groups in total. The Hall–Kier alpha value is -1.74. The van der Waals surface area contributed by atoms with E-state index in [1.807, 2.05) is 0 Å². The number of carboxylic acid groups (broad SMARTS) is 1. The van der Waals surface area contributed by atoms with Crippen LogP contribution in [0.2, 0.25) is 0 Å². The second kappa shape index (κ2) is 7.64. The third-order valence-corrected chi connectivity index (χ3v) is 2.95. The fourth-order valence-corrected chi connectivity index (χ4v) is 1.91. The molecule has 8 nitrogen and oxygen atoms in total. The average Bonchev–Trinajstić information content (AvgIpc) is 2.73. The molecule has 1 unspecified atom stereocenters. The van der Waals surface area contributed by atoms with Gasteiger partial charge in [0.15, 0.2) is 0 Å². The highest BCUT2D eigenvalue weighted by molar-refractivity contribution is 7.15. The molecular formula is C10H16N4O4S. The molecule has 0 spiro atoms. The van der Waals surface area contributed by atoms with Crippen molar-refractivity contribution < 1.29 is 19.4 Å². The van der Waals surface area contributed by atoms with Gasteiger partial charge in [-0.3, -0.25) is 5.32 Å². The number of amides is 2. The molecule has 1 aromatic heterocycles. The summed E-state index contributed by atoms with van der Waals surface area (Å²) in [6.07, 6.45) is 0.845. The van der Waals surface area contributed by atoms with Gasteiger partial charge >= 0.3 is 12.0 Å². The van der Waals surface area contributed by atoms with Gasteiger partial charge in [0.05, 0.1) is 0 Å². The van der Waals surface area contributed by atoms with E-state index in [2.05, 4.69) is 20.8 Å². The first kappa shape index (κ1) is 15.3. The summed E-state index contributed by atoms with van der Waals surface area (Å²) in [5.41, 5.74) is 0. The zero-order chi connectivity index (χ0) is 14.3. The maximum atomic E-state index is 11.6. The number of ether oxygens (including phenoxy) is 1. The van der Waals surface area contributed by atoms with E-state index in [4.69, 9.17) is 9.84 Å². The number of carboxylic acids is 1. The zero-order valence-corrected chi connectivity index (χ0v) is 11.5. The van der Waals surface area contributed by atoms with E-state index in [0.717, 1.165) is 0 Å². The molecular weight excluding hydrogens is 272 g/mol. The lowest BCUT2D eigenvalue weighted by atomic mass is 10.1. The number of aryl methyl sites for hydroxylation is 1. The predicted octanol–water partition coefficient (Wildman–Crippen LogP) is 0.848. The number of hydrogen-bond donors (Lipinski definition) is 3. The molecule has 0 aliphatic carbocycles. The van der Waals surface area contributed by atoms with Gasteiger partial charge in [-0.25, -0.2) is 9.59 Å². The molecule has 0 saturated heterocycles. The Labute approximate surface area is 114 Å². The summed E-state index contributed by atoms with van der Waals surface area (Å²) in [7, 11) is 1.54. The van der Waals surface area contributed by atoms with Crippen molar-refractivity contribution in [1.82, 2.24) is 15.5 Å². The van der Waals surface area contributed by atoms with E-state index in [1.54, 1.807) is 6.92 Å². The second-order valence-electron chi connectivity index (χ2n) is 3.75. The number of nitrogens with zero attached hydrogens (tertiary/aromatic N) is 2. The number of aliphatic carboxylic acids is 1. The Kier molecular flexibility index (Phi) is 6.16. The molecule has 0 saturated carbocycles. The minimum Gasteiger partial charge on any atom is -0.480 e. The Morgan fingerprint density at radius 2 is 2.21 bits per heavy atom. The van der Waals surface area contributed by atoms with Crippen molar-refractivity contribution in [3.8, 4) is 0 Å². The fraction of sp³-hybridized carbons (Fsp3) is 0.600. The van der Waals surface area contributed by atoms with E-state index in [1.165, 1.54) is 18.4 Å². The number of rotatable bonds is 7. The van der Waals surface area contributed by atoms with Crippen LogP contribution >= 0.6 is 11.3 Å². The summed E-state index contributed by atoms with van der Waals surface area (Å²) in [5, 5.41) is 22.3. The Balaban J connectivity index is 2.44. The van der Waals surface area contributed by atoms with E-state index in [-0.39, 0.29) is 0 Å². The van der Waals surface area contributed by atoms with Crippen molar-refractivity contribution in [3.63, 3.8) is 0 Å². The van der Waals surface area contributed by atoms with Gasteiger partial charge < -0.3 is 15.2 Å². The molecule has 2 amide bonds. The van der Waals surface area contributed by atoms with Crippen LogP contribution in [0.1, 0.15) is 17.8 Å². The molecule has 0 radical (unpaired) electrons. The van der Waals surface area contributed by atoms with E-state index < -0.39 is 18.0 Å². The number of methoxy groups -OCH3 is 1. The van der Waals surface area contributed by atoms with Gasteiger partial charge in [0.25, 0.3) is 0 Å². The summed E-state index contributed by atoms with van der Waals surface area (Å²) in [5.74, 6) is -1.08. The highest BCUT2D eigenvalue weighted by Gasteiger charge is 2.19. The first-order chi connectivity index (χ1) is 9.02. The minimum atomic E-state index is -1.08. The van der Waals surface area contributed by atoms with Crippen molar-refractivity contribution in [2.75, 3.05) is 19.0 Å². The first-order valence-electron chi connectivity index (χ1n) is 5.62. The van der Waals surface area contributed by atoms with Gasteiger partial charge in [0, 0.05) is 13.7 Å². The standard InChI is InChI=1S/C10H16N4O4S/c1-6-13-14-10(19-6)12-9(17)11-7(8(15)16)4-3-5-18-2/h7H,3-5H2,1-2H3,(H,15,16)(H2,11,12,14,17). The molecule has 1 aromatic rings. The number of urea groups is 1. The van der Waals surface area contributed by atoms with Crippen LogP contribution < -0.4 is 10.6 Å². The number of nitrogens with one attached hydrogen (secondary N) is 2. The van der Waals surface area contributed by atoms with Crippen molar-refractivity contribution in [1.29, 1.82) is 0 Å². The Bertz CT molecular complexity index is 437. The maximum Gasteiger partial charge on any atom is 0.326 e. The van der Waals surface area contributed by atoms with Gasteiger partial charge in [-0.15, -0.1) is 10.2 Å². The monoisotopic (exact) mass is 288 g/mol. The maximum absolute atomic E-state index is 11.6. The molecule has 1 rings (SSSR count). The van der Waals surface area contributed by atoms with E-state index >= 15 is 0 Å². The van der Waals surface area contributed by atoms with Crippen molar-refractivity contribution >= 4 is 28.5 Å². The molecule has 1 atom stereocenters. The molecule has 0 aromatic carbocycles. The highest BCUT2D eigenvalue weighted by atomic mass is 32.1. The van der Waals surface area contributed by atoms with Crippen LogP contribution in [0, 0.1) is 6.92 Å². The topological polar surface area (TPSA) is 113 Å². The van der Waals surface area contributed by atoms with E-state index in [9.17, 15) is 9.59 Å². The number of aromatic nitrogens is 2. The summed E-state index contributed by atoms with van der Waals surface area (Å²) < 4.78 is 4.84. The van der Waals surface area contributed by atoms with Crippen LogP contribution in [-0.2, 0) is 9.53 Å². The van der Waals surface area contributed by atoms with Crippen LogP contribution in [0.4, 0.5) is 9.93 Å². The Morgan fingerprint density at radius 1 is 1.47 bits per heavy atom. The Morgan fingerprint density at radius 3 is 2.74 bits per heavy atom. The first-order valence-corrected chi connectivity index (χ1v) is 6.44. The van der Waals surface area contributed by atoms with Gasteiger partial charge in [0.2, 0.25) is 5.13 Å². The third-order valence-electron chi connectivity index (χ3n) is 2.19. The normalized spacial score (nSPS) is 11.9. The molecule has 1 heterocycles. The van der Waals surface area contributed by atoms with Gasteiger partial charge in [-0.2, -0.15) is 0 Å². The van der Waals surface area contributed by atoms with Gasteiger partial charge in [0.1, 0.15) is 11.0 Å². The van der Waals surface area contributed by atoms with Crippen molar-refractivity contribution in [2.24, 2.45) is 0 Å². The molecule has 9 heteroatoms. The van der Waals surface area contributed by atoms with Crippen molar-refractivity contribution in [2.45, 2.75) is 25.8 Å². The summed E-state index contributed by atoms with van der Waals surface area (Å²) in [4.78, 5) is 22.6. The van der Waals surface area contributed by atoms with E-state index in [0.29, 0.717) is 29.6 Å². The molecule has 0 aliphatic rings. The van der Waals surface area contributed by atoms with Crippen LogP contribution in [0.5, 0.6) is 0 Å². The minimum absolute atomic E-state index is 0.297. The molecule has 106 valence electrons. The summed E-state index contributed by atoms with van der Waals surface area (Å²) in [6, 6.07) is -1.56. The quantitative estimate of drug-likeness (QED) is 0.641. The lowest BCUT2D eigenvalue weighted by molar-refractivity contribution is -0.139. The molecule has 19 heavy (non-hydrogen) atoms. The smallest absolute Gasteiger partial charge is 0.326 e. The van der Waals surface area contributed by atoms with Gasteiger partial charge in [-0.1, -0.05) is 11.3 Å². The fourth-order valence-electron chi connectivity index (χ4n) is 1.33. The number of carbonyl (C=O) groups excluding carboxylic acids is 1. The lowest BCUT2D eigenvalue weighted by Gasteiger charge is -2.13. The second-order valence-corrected chi connectivity index (χ2v) is 4.93. The molecule has 0 fully saturated rings. The van der Waals surface area contributed by atoms with Crippen molar-refractivity contribution in [3.05, 3.63) is 5.01 Å². The lowest BCUT2D eigenvalue weighted by Crippen LogP contribution is -2.43. The predicted molar refractivity (Wildman–Crippen MR) is 69.3 cm³/mol. The molecule has 0 aliphatic heterocycles. The number of anilines is 1.